The van der Waals surface area contributed by atoms with E-state index in [9.17, 15) is 9.59 Å². The third kappa shape index (κ3) is 5.73. The lowest BCUT2D eigenvalue weighted by atomic mass is 10.2. The van der Waals surface area contributed by atoms with E-state index in [0.29, 0.717) is 39.9 Å². The Hall–Kier alpha value is -2.88. The number of aromatic nitrogens is 4. The minimum Gasteiger partial charge on any atom is -0.482 e. The Morgan fingerprint density at radius 3 is 2.70 bits per heavy atom. The molecule has 2 heterocycles. The van der Waals surface area contributed by atoms with Crippen molar-refractivity contribution in [1.29, 1.82) is 0 Å². The number of nitrogens with one attached hydrogen (secondary N) is 1. The summed E-state index contributed by atoms with van der Waals surface area (Å²) in [6.07, 6.45) is 3.00. The number of carbonyl (C=O) groups is 1. The van der Waals surface area contributed by atoms with E-state index in [-0.39, 0.29) is 24.6 Å². The van der Waals surface area contributed by atoms with Crippen LogP contribution in [0.3, 0.4) is 0 Å². The topological polar surface area (TPSA) is 91.0 Å². The van der Waals surface area contributed by atoms with Crippen LogP contribution in [0.2, 0.25) is 10.0 Å². The van der Waals surface area contributed by atoms with Gasteiger partial charge in [0.25, 0.3) is 11.5 Å². The molecule has 0 atom stereocenters. The van der Waals surface area contributed by atoms with E-state index >= 15 is 0 Å². The molecule has 0 bridgehead atoms. The molecule has 1 N–H and O–H groups in total. The molecule has 0 aliphatic rings. The number of hydrogen-bond acceptors (Lipinski definition) is 5. The summed E-state index contributed by atoms with van der Waals surface area (Å²) in [7, 11) is 0. The summed E-state index contributed by atoms with van der Waals surface area (Å²) in [6.45, 7) is 0.852. The van der Waals surface area contributed by atoms with E-state index in [4.69, 9.17) is 27.9 Å². The number of halogens is 3. The van der Waals surface area contributed by atoms with Crippen LogP contribution in [-0.2, 0) is 17.9 Å². The molecule has 8 nitrogen and oxygen atoms in total. The number of rotatable bonds is 8. The Balaban J connectivity index is 1.34. The summed E-state index contributed by atoms with van der Waals surface area (Å²) in [5.74, 6) is 0.0557. The molecule has 11 heteroatoms. The largest absolute Gasteiger partial charge is 0.482 e. The number of benzene rings is 2. The highest BCUT2D eigenvalue weighted by Gasteiger charge is 2.11. The first-order valence-corrected chi connectivity index (χ1v) is 11.5. The minimum absolute atomic E-state index is 0.175. The zero-order valence-electron chi connectivity index (χ0n) is 17.2. The second-order valence-corrected chi connectivity index (χ2v) is 8.88. The lowest BCUT2D eigenvalue weighted by molar-refractivity contribution is -0.123. The fourth-order valence-electron chi connectivity index (χ4n) is 3.15. The van der Waals surface area contributed by atoms with Crippen LogP contribution in [0.1, 0.15) is 5.56 Å². The van der Waals surface area contributed by atoms with Gasteiger partial charge in [-0.1, -0.05) is 51.3 Å². The van der Waals surface area contributed by atoms with E-state index in [1.807, 2.05) is 24.3 Å². The van der Waals surface area contributed by atoms with E-state index in [0.717, 1.165) is 10.0 Å². The molecule has 2 aromatic carbocycles. The SMILES string of the molecule is O=C(COc1ccc(Cl)cc1Cl)NCCn1ncc2c(=O)n(Cc3ccc(Br)cc3)cnc21. The van der Waals surface area contributed by atoms with Gasteiger partial charge >= 0.3 is 0 Å². The molecule has 0 aliphatic carbocycles. The second-order valence-electron chi connectivity index (χ2n) is 7.12. The van der Waals surface area contributed by atoms with Gasteiger partial charge in [-0.15, -0.1) is 0 Å². The van der Waals surface area contributed by atoms with E-state index < -0.39 is 0 Å². The van der Waals surface area contributed by atoms with Crippen molar-refractivity contribution in [2.24, 2.45) is 0 Å². The predicted octanol–water partition coefficient (Wildman–Crippen LogP) is 3.91. The van der Waals surface area contributed by atoms with Gasteiger partial charge in [-0.05, 0) is 35.9 Å². The lowest BCUT2D eigenvalue weighted by Gasteiger charge is -2.09. The van der Waals surface area contributed by atoms with E-state index in [1.54, 1.807) is 27.4 Å². The van der Waals surface area contributed by atoms with Crippen molar-refractivity contribution in [3.63, 3.8) is 0 Å². The summed E-state index contributed by atoms with van der Waals surface area (Å²) >= 11 is 15.3. The smallest absolute Gasteiger partial charge is 0.264 e. The molecule has 0 spiro atoms. The molecule has 0 saturated carbocycles. The number of fused-ring (bicyclic) bond motifs is 1. The highest BCUT2D eigenvalue weighted by Crippen LogP contribution is 2.27. The fourth-order valence-corrected chi connectivity index (χ4v) is 3.88. The average Bonchev–Trinajstić information content (AvgIpc) is 3.20. The maximum absolute atomic E-state index is 12.8. The lowest BCUT2D eigenvalue weighted by Crippen LogP contribution is -2.32. The minimum atomic E-state index is -0.317. The standard InChI is InChI=1S/C22H18BrCl2N5O3/c23-15-3-1-14(2-4-15)11-29-13-27-21-17(22(29)32)10-28-30(21)8-7-26-20(31)12-33-19-6-5-16(24)9-18(19)25/h1-6,9-10,13H,7-8,11-12H2,(H,26,31). The first-order valence-electron chi connectivity index (χ1n) is 9.90. The maximum atomic E-state index is 12.8. The molecule has 0 radical (unpaired) electrons. The average molecular weight is 551 g/mol. The van der Waals surface area contributed by atoms with Crippen LogP contribution in [0.15, 0.2) is 64.3 Å². The zero-order valence-corrected chi connectivity index (χ0v) is 20.3. The van der Waals surface area contributed by atoms with Gasteiger partial charge in [0, 0.05) is 16.0 Å². The van der Waals surface area contributed by atoms with Gasteiger partial charge in [0.05, 0.1) is 24.3 Å². The Bertz CT molecular complexity index is 1350. The Labute approximate surface area is 207 Å². The summed E-state index contributed by atoms with van der Waals surface area (Å²) in [6, 6.07) is 12.5. The first kappa shape index (κ1) is 23.3. The van der Waals surface area contributed by atoms with Gasteiger partial charge in [-0.3, -0.25) is 14.2 Å². The van der Waals surface area contributed by atoms with Crippen molar-refractivity contribution in [3.05, 3.63) is 85.4 Å². The fraction of sp³-hybridized carbons (Fsp3) is 0.182. The van der Waals surface area contributed by atoms with Crippen LogP contribution in [0, 0.1) is 0 Å². The molecule has 4 rings (SSSR count). The van der Waals surface area contributed by atoms with Crippen LogP contribution < -0.4 is 15.6 Å². The first-order chi connectivity index (χ1) is 15.9. The quantitative estimate of drug-likeness (QED) is 0.359. The number of ether oxygens (including phenoxy) is 1. The van der Waals surface area contributed by atoms with Gasteiger partial charge < -0.3 is 10.1 Å². The van der Waals surface area contributed by atoms with Crippen molar-refractivity contribution >= 4 is 56.1 Å². The zero-order chi connectivity index (χ0) is 23.4. The summed E-state index contributed by atoms with van der Waals surface area (Å²) in [5.41, 5.74) is 1.27. The van der Waals surface area contributed by atoms with Crippen LogP contribution >= 0.6 is 39.1 Å². The van der Waals surface area contributed by atoms with E-state index in [2.05, 4.69) is 31.3 Å². The van der Waals surface area contributed by atoms with Crippen molar-refractivity contribution < 1.29 is 9.53 Å². The molecular formula is C22H18BrCl2N5O3. The third-order valence-corrected chi connectivity index (χ3v) is 5.85. The van der Waals surface area contributed by atoms with Gasteiger partial charge in [0.15, 0.2) is 12.3 Å². The summed E-state index contributed by atoms with van der Waals surface area (Å²) in [4.78, 5) is 29.3. The van der Waals surface area contributed by atoms with Crippen molar-refractivity contribution in [1.82, 2.24) is 24.6 Å². The van der Waals surface area contributed by atoms with Crippen molar-refractivity contribution in [3.8, 4) is 5.75 Å². The normalized spacial score (nSPS) is 11.0. The molecule has 0 unspecified atom stereocenters. The van der Waals surface area contributed by atoms with Gasteiger partial charge in [0.1, 0.15) is 17.5 Å². The molecular weight excluding hydrogens is 533 g/mol. The predicted molar refractivity (Wildman–Crippen MR) is 130 cm³/mol. The van der Waals surface area contributed by atoms with Crippen molar-refractivity contribution in [2.75, 3.05) is 13.2 Å². The van der Waals surface area contributed by atoms with Crippen LogP contribution in [0.25, 0.3) is 11.0 Å². The highest BCUT2D eigenvalue weighted by atomic mass is 79.9. The Morgan fingerprint density at radius 1 is 1.15 bits per heavy atom. The monoisotopic (exact) mass is 549 g/mol. The van der Waals surface area contributed by atoms with Crippen molar-refractivity contribution in [2.45, 2.75) is 13.1 Å². The molecule has 2 aromatic heterocycles. The Morgan fingerprint density at radius 2 is 1.94 bits per heavy atom. The second kappa shape index (κ2) is 10.4. The van der Waals surface area contributed by atoms with Gasteiger partial charge in [-0.2, -0.15) is 5.10 Å². The molecule has 1 amide bonds. The third-order valence-electron chi connectivity index (χ3n) is 4.79. The van der Waals surface area contributed by atoms with Crippen LogP contribution in [0.5, 0.6) is 5.75 Å². The van der Waals surface area contributed by atoms with E-state index in [1.165, 1.54) is 12.5 Å². The number of carbonyl (C=O) groups excluding carboxylic acids is 1. The number of hydrogen-bond donors (Lipinski definition) is 1. The van der Waals surface area contributed by atoms with Gasteiger partial charge in [-0.25, -0.2) is 9.67 Å². The molecule has 170 valence electrons. The number of nitrogens with zero attached hydrogens (tertiary/aromatic N) is 4. The molecule has 33 heavy (non-hydrogen) atoms. The number of amides is 1. The molecule has 0 saturated heterocycles. The summed E-state index contributed by atoms with van der Waals surface area (Å²) < 4.78 is 9.51. The molecule has 4 aromatic rings. The maximum Gasteiger partial charge on any atom is 0.264 e. The van der Waals surface area contributed by atoms with Crippen LogP contribution in [-0.4, -0.2) is 38.4 Å². The molecule has 0 aliphatic heterocycles. The summed E-state index contributed by atoms with van der Waals surface area (Å²) in [5, 5.41) is 8.22. The highest BCUT2D eigenvalue weighted by molar-refractivity contribution is 9.10. The molecule has 0 fully saturated rings. The van der Waals surface area contributed by atoms with Gasteiger partial charge in [0.2, 0.25) is 0 Å². The van der Waals surface area contributed by atoms with Crippen LogP contribution in [0.4, 0.5) is 0 Å². The Kier molecular flexibility index (Phi) is 7.32.